The zero-order valence-electron chi connectivity index (χ0n) is 8.52. The Morgan fingerprint density at radius 3 is 2.29 bits per heavy atom. The predicted octanol–water partition coefficient (Wildman–Crippen LogP) is 1.71. The molecule has 2 nitrogen and oxygen atoms in total. The average Bonchev–Trinajstić information content (AvgIpc) is 2.01. The molecule has 14 heavy (non-hydrogen) atoms. The van der Waals surface area contributed by atoms with Gasteiger partial charge >= 0.3 is 0 Å². The van der Waals surface area contributed by atoms with Gasteiger partial charge in [-0.25, -0.2) is 8.42 Å². The molecule has 2 radical (unpaired) electrons. The lowest BCUT2D eigenvalue weighted by Gasteiger charge is -2.35. The van der Waals surface area contributed by atoms with E-state index in [1.807, 2.05) is 37.4 Å². The van der Waals surface area contributed by atoms with E-state index >= 15 is 0 Å². The molecule has 1 aliphatic heterocycles. The highest BCUT2D eigenvalue weighted by atomic mass is 32.2. The van der Waals surface area contributed by atoms with E-state index in [2.05, 4.69) is 0 Å². The van der Waals surface area contributed by atoms with Gasteiger partial charge in [0.2, 0.25) is 0 Å². The Labute approximate surface area is 96.2 Å². The van der Waals surface area contributed by atoms with Crippen LogP contribution in [0.3, 0.4) is 0 Å². The lowest BCUT2D eigenvalue weighted by atomic mass is 9.99. The molecule has 0 saturated carbocycles. The number of rotatable bonds is 3. The first-order chi connectivity index (χ1) is 6.31. The highest BCUT2D eigenvalue weighted by Crippen LogP contribution is 2.43. The molecule has 0 N–H and O–H groups in total. The number of thioether (sulfide) groups is 2. The van der Waals surface area contributed by atoms with E-state index in [4.69, 9.17) is 7.12 Å². The molecule has 1 fully saturated rings. The number of hydrogen-bond acceptors (Lipinski definition) is 4. The summed E-state index contributed by atoms with van der Waals surface area (Å²) in [5.74, 6) is 2.34. The summed E-state index contributed by atoms with van der Waals surface area (Å²) in [6, 6.07) is 0. The van der Waals surface area contributed by atoms with Crippen molar-refractivity contribution in [2.24, 2.45) is 5.41 Å². The maximum absolute atomic E-state index is 11.0. The average molecular weight is 250 g/mol. The molecular weight excluding hydrogens is 235 g/mol. The Hall–Kier alpha value is 0.715. The van der Waals surface area contributed by atoms with Crippen LogP contribution in [0.25, 0.3) is 0 Å². The fourth-order valence-electron chi connectivity index (χ4n) is 1.53. The van der Waals surface area contributed by atoms with Crippen LogP contribution in [0.1, 0.15) is 20.3 Å². The third-order valence-electron chi connectivity index (χ3n) is 2.04. The zero-order valence-corrected chi connectivity index (χ0v) is 11.0. The summed E-state index contributed by atoms with van der Waals surface area (Å²) in [6.07, 6.45) is 1.22. The molecule has 0 aromatic rings. The van der Waals surface area contributed by atoms with Gasteiger partial charge < -0.3 is 0 Å². The molecular formula is C8H15BO2S3. The maximum atomic E-state index is 11.0. The van der Waals surface area contributed by atoms with E-state index in [-0.39, 0.29) is 11.2 Å². The molecule has 1 aliphatic rings. The zero-order chi connectivity index (χ0) is 10.8. The second kappa shape index (κ2) is 4.70. The van der Waals surface area contributed by atoms with E-state index in [1.165, 1.54) is 6.42 Å². The second-order valence-electron chi connectivity index (χ2n) is 4.22. The summed E-state index contributed by atoms with van der Waals surface area (Å²) in [5.41, 5.74) is -0.233. The van der Waals surface area contributed by atoms with Crippen LogP contribution < -0.4 is 0 Å². The first-order valence-electron chi connectivity index (χ1n) is 4.55. The van der Waals surface area contributed by atoms with Gasteiger partial charge in [0.1, 0.15) is 0 Å². The minimum absolute atomic E-state index is 0.0741. The van der Waals surface area contributed by atoms with Gasteiger partial charge in [-0.15, -0.1) is 23.5 Å². The predicted molar refractivity (Wildman–Crippen MR) is 66.6 cm³/mol. The largest absolute Gasteiger partial charge is 0.254 e. The van der Waals surface area contributed by atoms with Crippen molar-refractivity contribution in [2.45, 2.75) is 24.9 Å². The summed E-state index contributed by atoms with van der Waals surface area (Å²) in [4.78, 5) is 0. The molecule has 0 unspecified atom stereocenters. The van der Waals surface area contributed by atoms with Crippen molar-refractivity contribution in [3.05, 3.63) is 0 Å². The summed E-state index contributed by atoms with van der Waals surface area (Å²) in [7, 11) is 1.72. The topological polar surface area (TPSA) is 34.1 Å². The molecule has 0 aliphatic carbocycles. The summed E-state index contributed by atoms with van der Waals surface area (Å²) < 4.78 is 22.5. The molecule has 0 amide bonds. The first kappa shape index (κ1) is 12.8. The minimum atomic E-state index is -3.36. The molecule has 1 heterocycles. The lowest BCUT2D eigenvalue weighted by Crippen LogP contribution is -2.34. The molecule has 0 aromatic carbocycles. The standard InChI is InChI=1S/C8H15BO2S3/c1-8(2,6-14(9,10)11)7-12-4-3-5-13-7/h7H,3-6H2,1-2H3. The summed E-state index contributed by atoms with van der Waals surface area (Å²) in [6.45, 7) is 3.96. The van der Waals surface area contributed by atoms with Crippen LogP contribution in [0.15, 0.2) is 0 Å². The fourth-order valence-corrected chi connectivity index (χ4v) is 6.20. The molecule has 0 bridgehead atoms. The Morgan fingerprint density at radius 2 is 1.86 bits per heavy atom. The van der Waals surface area contributed by atoms with Crippen molar-refractivity contribution in [1.29, 1.82) is 0 Å². The monoisotopic (exact) mass is 250 g/mol. The molecule has 0 spiro atoms. The quantitative estimate of drug-likeness (QED) is 0.714. The van der Waals surface area contributed by atoms with Crippen LogP contribution in [0, 0.1) is 5.41 Å². The Balaban J connectivity index is 2.63. The summed E-state index contributed by atoms with van der Waals surface area (Å²) in [5, 5.41) is 0. The van der Waals surface area contributed by atoms with Crippen LogP contribution in [-0.4, -0.2) is 37.4 Å². The Morgan fingerprint density at radius 1 is 1.36 bits per heavy atom. The maximum Gasteiger partial charge on any atom is 0.254 e. The SMILES string of the molecule is [B]S(=O)(=O)CC(C)(C)C1SCCCS1. The van der Waals surface area contributed by atoms with E-state index in [0.717, 1.165) is 11.5 Å². The van der Waals surface area contributed by atoms with Crippen molar-refractivity contribution in [1.82, 2.24) is 0 Å². The Bertz CT molecular complexity index is 281. The molecule has 1 saturated heterocycles. The van der Waals surface area contributed by atoms with Crippen molar-refractivity contribution < 1.29 is 8.42 Å². The van der Waals surface area contributed by atoms with Crippen LogP contribution in [0.5, 0.6) is 0 Å². The smallest absolute Gasteiger partial charge is 0.243 e. The van der Waals surface area contributed by atoms with Gasteiger partial charge in [0.25, 0.3) is 7.12 Å². The van der Waals surface area contributed by atoms with Crippen molar-refractivity contribution in [3.63, 3.8) is 0 Å². The molecule has 1 rings (SSSR count). The van der Waals surface area contributed by atoms with Gasteiger partial charge in [-0.05, 0) is 23.3 Å². The van der Waals surface area contributed by atoms with E-state index < -0.39 is 9.69 Å². The molecule has 80 valence electrons. The van der Waals surface area contributed by atoms with Gasteiger partial charge in [-0.3, -0.25) is 0 Å². The van der Waals surface area contributed by atoms with Gasteiger partial charge in [0.05, 0.1) is 14.3 Å². The fraction of sp³-hybridized carbons (Fsp3) is 1.00. The minimum Gasteiger partial charge on any atom is -0.243 e. The van der Waals surface area contributed by atoms with E-state index in [1.54, 1.807) is 0 Å². The van der Waals surface area contributed by atoms with Crippen LogP contribution in [0.4, 0.5) is 0 Å². The highest BCUT2D eigenvalue weighted by Gasteiger charge is 2.34. The first-order valence-corrected chi connectivity index (χ1v) is 8.36. The normalized spacial score (nSPS) is 21.0. The van der Waals surface area contributed by atoms with Gasteiger partial charge in [0, 0.05) is 5.75 Å². The van der Waals surface area contributed by atoms with E-state index in [9.17, 15) is 8.42 Å². The summed E-state index contributed by atoms with van der Waals surface area (Å²) >= 11 is 3.71. The highest BCUT2D eigenvalue weighted by molar-refractivity contribution is 8.17. The van der Waals surface area contributed by atoms with Crippen molar-refractivity contribution >= 4 is 40.3 Å². The second-order valence-corrected chi connectivity index (χ2v) is 8.56. The van der Waals surface area contributed by atoms with Gasteiger partial charge in [-0.2, -0.15) is 0 Å². The van der Waals surface area contributed by atoms with Gasteiger partial charge in [-0.1, -0.05) is 13.8 Å². The van der Waals surface area contributed by atoms with Crippen LogP contribution in [0.2, 0.25) is 0 Å². The van der Waals surface area contributed by atoms with Gasteiger partial charge in [0.15, 0.2) is 0 Å². The van der Waals surface area contributed by atoms with Crippen LogP contribution >= 0.6 is 23.5 Å². The lowest BCUT2D eigenvalue weighted by molar-refractivity contribution is 0.456. The third kappa shape index (κ3) is 4.07. The van der Waals surface area contributed by atoms with E-state index in [0.29, 0.717) is 4.58 Å². The molecule has 6 heteroatoms. The Kier molecular flexibility index (Phi) is 4.29. The number of hydrogen-bond donors (Lipinski definition) is 0. The molecule has 0 atom stereocenters. The van der Waals surface area contributed by atoms with Crippen LogP contribution in [-0.2, 0) is 9.69 Å². The molecule has 0 aromatic heterocycles. The van der Waals surface area contributed by atoms with Crippen molar-refractivity contribution in [2.75, 3.05) is 17.3 Å². The van der Waals surface area contributed by atoms with Crippen molar-refractivity contribution in [3.8, 4) is 0 Å². The third-order valence-corrected chi connectivity index (χ3v) is 6.93.